The van der Waals surface area contributed by atoms with Crippen LogP contribution in [0, 0.1) is 29.1 Å². The number of hydrogen-bond donors (Lipinski definition) is 0. The lowest BCUT2D eigenvalue weighted by Crippen LogP contribution is -2.47. The van der Waals surface area contributed by atoms with Gasteiger partial charge in [0.05, 0.1) is 0 Å². The second kappa shape index (κ2) is 5.71. The molecule has 132 valence electrons. The van der Waals surface area contributed by atoms with E-state index in [0.29, 0.717) is 23.5 Å². The average Bonchev–Trinajstić information content (AvgIpc) is 2.84. The zero-order valence-corrected chi connectivity index (χ0v) is 15.3. The molecule has 4 aliphatic rings. The summed E-state index contributed by atoms with van der Waals surface area (Å²) in [5, 5.41) is 0. The maximum absolute atomic E-state index is 11.9. The number of fused-ring (bicyclic) bond motifs is 4. The predicted molar refractivity (Wildman–Crippen MR) is 92.3 cm³/mol. The Hall–Kier alpha value is -1.12. The fourth-order valence-corrected chi connectivity index (χ4v) is 6.71. The van der Waals surface area contributed by atoms with E-state index in [1.165, 1.54) is 24.8 Å². The van der Waals surface area contributed by atoms with Crippen LogP contribution in [-0.4, -0.2) is 17.9 Å². The Morgan fingerprint density at radius 2 is 1.96 bits per heavy atom. The number of rotatable bonds is 1. The van der Waals surface area contributed by atoms with Crippen molar-refractivity contribution in [3.05, 3.63) is 11.1 Å². The van der Waals surface area contributed by atoms with Crippen LogP contribution in [0.1, 0.15) is 72.1 Å². The lowest BCUT2D eigenvalue weighted by molar-refractivity contribution is -0.155. The van der Waals surface area contributed by atoms with Gasteiger partial charge in [0.15, 0.2) is 0 Å². The quantitative estimate of drug-likeness (QED) is 0.527. The highest BCUT2D eigenvalue weighted by Gasteiger charge is 2.57. The van der Waals surface area contributed by atoms with Crippen LogP contribution in [0.25, 0.3) is 0 Å². The SMILES string of the molecule is CC(=O)O[C@H]1CC[C@H]2[C@@H]3C[C@@H](C)C4=C(CCC(=O)C4)[C@H]3CC[C@]12C. The summed E-state index contributed by atoms with van der Waals surface area (Å²) in [6.45, 7) is 6.24. The third-order valence-corrected chi connectivity index (χ3v) is 7.80. The van der Waals surface area contributed by atoms with Crippen LogP contribution in [-0.2, 0) is 14.3 Å². The van der Waals surface area contributed by atoms with E-state index < -0.39 is 0 Å². The van der Waals surface area contributed by atoms with Gasteiger partial charge in [-0.2, -0.15) is 0 Å². The number of ketones is 1. The van der Waals surface area contributed by atoms with Crippen LogP contribution in [0.2, 0.25) is 0 Å². The summed E-state index contributed by atoms with van der Waals surface area (Å²) < 4.78 is 5.72. The first-order valence-corrected chi connectivity index (χ1v) is 9.81. The van der Waals surface area contributed by atoms with E-state index in [0.717, 1.165) is 38.0 Å². The molecule has 0 amide bonds. The minimum Gasteiger partial charge on any atom is -0.462 e. The van der Waals surface area contributed by atoms with Crippen LogP contribution in [0.5, 0.6) is 0 Å². The Morgan fingerprint density at radius 3 is 2.71 bits per heavy atom. The maximum atomic E-state index is 11.9. The molecule has 2 saturated carbocycles. The molecule has 3 nitrogen and oxygen atoms in total. The Morgan fingerprint density at radius 1 is 1.17 bits per heavy atom. The maximum Gasteiger partial charge on any atom is 0.302 e. The molecule has 24 heavy (non-hydrogen) atoms. The molecule has 2 fully saturated rings. The topological polar surface area (TPSA) is 43.4 Å². The van der Waals surface area contributed by atoms with Gasteiger partial charge in [0, 0.05) is 25.2 Å². The summed E-state index contributed by atoms with van der Waals surface area (Å²) in [5.41, 5.74) is 3.30. The molecule has 0 saturated heterocycles. The van der Waals surface area contributed by atoms with Gasteiger partial charge in [-0.1, -0.05) is 25.0 Å². The minimum atomic E-state index is -0.128. The average molecular weight is 330 g/mol. The van der Waals surface area contributed by atoms with E-state index in [4.69, 9.17) is 4.74 Å². The second-order valence-corrected chi connectivity index (χ2v) is 9.00. The van der Waals surface area contributed by atoms with Gasteiger partial charge in [-0.25, -0.2) is 0 Å². The van der Waals surface area contributed by atoms with Crippen molar-refractivity contribution in [1.29, 1.82) is 0 Å². The molecular formula is C21H30O3. The summed E-state index contributed by atoms with van der Waals surface area (Å²) in [4.78, 5) is 23.4. The van der Waals surface area contributed by atoms with Gasteiger partial charge < -0.3 is 4.74 Å². The largest absolute Gasteiger partial charge is 0.462 e. The molecule has 4 rings (SSSR count). The second-order valence-electron chi connectivity index (χ2n) is 9.00. The van der Waals surface area contributed by atoms with Gasteiger partial charge in [-0.3, -0.25) is 9.59 Å². The Kier molecular flexibility index (Phi) is 3.89. The standard InChI is InChI=1S/C21H30O3/c1-12-10-18-16(15-5-4-14(23)11-17(12)15)8-9-21(3)19(18)6-7-20(21)24-13(2)22/h12,16,18-20H,4-11H2,1-3H3/t12-,16-,18-,19+,20+,21+/m1/s1. The normalized spacial score (nSPS) is 44.6. The lowest BCUT2D eigenvalue weighted by atomic mass is 9.53. The predicted octanol–water partition coefficient (Wildman–Crippen LogP) is 4.45. The van der Waals surface area contributed by atoms with Crippen molar-refractivity contribution < 1.29 is 14.3 Å². The highest BCUT2D eigenvalue weighted by molar-refractivity contribution is 5.83. The van der Waals surface area contributed by atoms with E-state index in [1.54, 1.807) is 12.5 Å². The molecule has 0 N–H and O–H groups in total. The van der Waals surface area contributed by atoms with Gasteiger partial charge in [0.1, 0.15) is 11.9 Å². The summed E-state index contributed by atoms with van der Waals surface area (Å²) in [6.07, 6.45) is 8.43. The van der Waals surface area contributed by atoms with Crippen molar-refractivity contribution in [2.24, 2.45) is 29.1 Å². The van der Waals surface area contributed by atoms with E-state index in [2.05, 4.69) is 13.8 Å². The molecule has 0 aromatic carbocycles. The molecule has 0 spiro atoms. The zero-order valence-electron chi connectivity index (χ0n) is 15.3. The number of Topliss-reactive ketones (excluding diaryl/α,β-unsaturated/α-hetero) is 1. The summed E-state index contributed by atoms with van der Waals surface area (Å²) in [6, 6.07) is 0. The van der Waals surface area contributed by atoms with Crippen molar-refractivity contribution in [2.45, 2.75) is 78.2 Å². The number of ether oxygens (including phenoxy) is 1. The molecule has 0 radical (unpaired) electrons. The molecular weight excluding hydrogens is 300 g/mol. The fourth-order valence-electron chi connectivity index (χ4n) is 6.71. The van der Waals surface area contributed by atoms with Crippen LogP contribution < -0.4 is 0 Å². The van der Waals surface area contributed by atoms with Crippen LogP contribution in [0.15, 0.2) is 11.1 Å². The van der Waals surface area contributed by atoms with Crippen molar-refractivity contribution in [1.82, 2.24) is 0 Å². The van der Waals surface area contributed by atoms with Gasteiger partial charge in [-0.15, -0.1) is 0 Å². The molecule has 0 bridgehead atoms. The van der Waals surface area contributed by atoms with Crippen molar-refractivity contribution >= 4 is 11.8 Å². The van der Waals surface area contributed by atoms with Crippen molar-refractivity contribution in [3.63, 3.8) is 0 Å². The molecule has 6 atom stereocenters. The van der Waals surface area contributed by atoms with Gasteiger partial charge in [0.25, 0.3) is 0 Å². The summed E-state index contributed by atoms with van der Waals surface area (Å²) >= 11 is 0. The first kappa shape index (κ1) is 16.4. The number of carbonyl (C=O) groups excluding carboxylic acids is 2. The fraction of sp³-hybridized carbons (Fsp3) is 0.810. The van der Waals surface area contributed by atoms with Gasteiger partial charge >= 0.3 is 5.97 Å². The van der Waals surface area contributed by atoms with Crippen molar-refractivity contribution in [3.8, 4) is 0 Å². The molecule has 3 heteroatoms. The third kappa shape index (κ3) is 2.38. The van der Waals surface area contributed by atoms with Gasteiger partial charge in [0.2, 0.25) is 0 Å². The van der Waals surface area contributed by atoms with E-state index in [-0.39, 0.29) is 17.5 Å². The molecule has 0 unspecified atom stereocenters. The van der Waals surface area contributed by atoms with E-state index in [9.17, 15) is 9.59 Å². The number of hydrogen-bond acceptors (Lipinski definition) is 3. The molecule has 0 heterocycles. The Labute approximate surface area is 145 Å². The van der Waals surface area contributed by atoms with Crippen LogP contribution >= 0.6 is 0 Å². The highest BCUT2D eigenvalue weighted by atomic mass is 16.5. The summed E-state index contributed by atoms with van der Waals surface area (Å²) in [5.74, 6) is 2.97. The third-order valence-electron chi connectivity index (χ3n) is 7.80. The monoisotopic (exact) mass is 330 g/mol. The molecule has 0 aromatic rings. The zero-order chi connectivity index (χ0) is 17.1. The molecule has 4 aliphatic carbocycles. The lowest BCUT2D eigenvalue weighted by Gasteiger charge is -2.52. The summed E-state index contributed by atoms with van der Waals surface area (Å²) in [7, 11) is 0. The minimum absolute atomic E-state index is 0.111. The van der Waals surface area contributed by atoms with E-state index >= 15 is 0 Å². The molecule has 0 aromatic heterocycles. The first-order valence-electron chi connectivity index (χ1n) is 9.81. The molecule has 0 aliphatic heterocycles. The van der Waals surface area contributed by atoms with Gasteiger partial charge in [-0.05, 0) is 62.2 Å². The highest BCUT2D eigenvalue weighted by Crippen LogP contribution is 2.62. The number of allylic oxidation sites excluding steroid dienone is 2. The van der Waals surface area contributed by atoms with E-state index in [1.807, 2.05) is 0 Å². The van der Waals surface area contributed by atoms with Crippen LogP contribution in [0.3, 0.4) is 0 Å². The first-order chi connectivity index (χ1) is 11.4. The Balaban J connectivity index is 1.63. The Bertz CT molecular complexity index is 604. The smallest absolute Gasteiger partial charge is 0.302 e. The number of carbonyl (C=O) groups is 2. The number of esters is 1. The van der Waals surface area contributed by atoms with Crippen LogP contribution in [0.4, 0.5) is 0 Å². The van der Waals surface area contributed by atoms with Crippen molar-refractivity contribution in [2.75, 3.05) is 0 Å².